The Bertz CT molecular complexity index is 349. The quantitative estimate of drug-likeness (QED) is 0.688. The van der Waals surface area contributed by atoms with Gasteiger partial charge >= 0.3 is 0 Å². The summed E-state index contributed by atoms with van der Waals surface area (Å²) in [5.74, 6) is 0.912. The Labute approximate surface area is 123 Å². The Kier molecular flexibility index (Phi) is 8.26. The Balaban J connectivity index is 2.48. The lowest BCUT2D eigenvalue weighted by Crippen LogP contribution is -2.36. The van der Waals surface area contributed by atoms with E-state index in [1.165, 1.54) is 5.56 Å². The van der Waals surface area contributed by atoms with Crippen molar-refractivity contribution >= 4 is 0 Å². The van der Waals surface area contributed by atoms with E-state index in [0.717, 1.165) is 31.9 Å². The van der Waals surface area contributed by atoms with Gasteiger partial charge < -0.3 is 20.7 Å². The second kappa shape index (κ2) is 9.75. The van der Waals surface area contributed by atoms with Crippen molar-refractivity contribution in [3.05, 3.63) is 29.8 Å². The number of likely N-dealkylation sites (N-methyl/N-ethyl adjacent to an activating group) is 1. The van der Waals surface area contributed by atoms with Gasteiger partial charge in [-0.05, 0) is 37.7 Å². The SMILES string of the molecule is CCOc1ccc(C(CN)NCCN(CC)CC)cc1. The zero-order chi connectivity index (χ0) is 14.8. The van der Waals surface area contributed by atoms with Crippen LogP contribution in [0.4, 0.5) is 0 Å². The first-order valence-electron chi connectivity index (χ1n) is 7.63. The van der Waals surface area contributed by atoms with Gasteiger partial charge in [0.25, 0.3) is 0 Å². The number of ether oxygens (including phenoxy) is 1. The van der Waals surface area contributed by atoms with Crippen LogP contribution in [-0.4, -0.2) is 44.2 Å². The van der Waals surface area contributed by atoms with Crippen LogP contribution < -0.4 is 15.8 Å². The van der Waals surface area contributed by atoms with Gasteiger partial charge in [0, 0.05) is 25.7 Å². The van der Waals surface area contributed by atoms with E-state index in [9.17, 15) is 0 Å². The molecule has 0 radical (unpaired) electrons. The van der Waals surface area contributed by atoms with Crippen LogP contribution in [0.15, 0.2) is 24.3 Å². The molecule has 0 spiro atoms. The number of benzene rings is 1. The molecule has 1 aromatic carbocycles. The van der Waals surface area contributed by atoms with Crippen molar-refractivity contribution in [2.75, 3.05) is 39.3 Å². The molecule has 4 heteroatoms. The van der Waals surface area contributed by atoms with Gasteiger partial charge in [-0.1, -0.05) is 26.0 Å². The second-order valence-corrected chi connectivity index (χ2v) is 4.77. The molecular weight excluding hydrogens is 250 g/mol. The summed E-state index contributed by atoms with van der Waals surface area (Å²) in [6.45, 7) is 11.9. The van der Waals surface area contributed by atoms with E-state index in [0.29, 0.717) is 13.2 Å². The highest BCUT2D eigenvalue weighted by atomic mass is 16.5. The molecule has 0 bridgehead atoms. The fourth-order valence-corrected chi connectivity index (χ4v) is 2.24. The molecule has 1 atom stereocenters. The van der Waals surface area contributed by atoms with Crippen LogP contribution in [0.5, 0.6) is 5.75 Å². The highest BCUT2D eigenvalue weighted by Crippen LogP contribution is 2.17. The monoisotopic (exact) mass is 279 g/mol. The first kappa shape index (κ1) is 17.0. The lowest BCUT2D eigenvalue weighted by molar-refractivity contribution is 0.296. The number of hydrogen-bond acceptors (Lipinski definition) is 4. The lowest BCUT2D eigenvalue weighted by atomic mass is 10.1. The summed E-state index contributed by atoms with van der Waals surface area (Å²) in [7, 11) is 0. The van der Waals surface area contributed by atoms with E-state index < -0.39 is 0 Å². The molecule has 0 saturated carbocycles. The summed E-state index contributed by atoms with van der Waals surface area (Å²) in [6.07, 6.45) is 0. The van der Waals surface area contributed by atoms with Gasteiger partial charge in [-0.25, -0.2) is 0 Å². The van der Waals surface area contributed by atoms with E-state index in [1.54, 1.807) is 0 Å². The topological polar surface area (TPSA) is 50.5 Å². The second-order valence-electron chi connectivity index (χ2n) is 4.77. The lowest BCUT2D eigenvalue weighted by Gasteiger charge is -2.22. The molecule has 3 N–H and O–H groups in total. The molecule has 0 aromatic heterocycles. The summed E-state index contributed by atoms with van der Waals surface area (Å²) in [5, 5.41) is 3.53. The van der Waals surface area contributed by atoms with Crippen LogP contribution in [-0.2, 0) is 0 Å². The Morgan fingerprint density at radius 3 is 2.30 bits per heavy atom. The molecular formula is C16H29N3O. The fraction of sp³-hybridized carbons (Fsp3) is 0.625. The summed E-state index contributed by atoms with van der Waals surface area (Å²) in [5.41, 5.74) is 7.09. The van der Waals surface area contributed by atoms with Crippen molar-refractivity contribution in [1.29, 1.82) is 0 Å². The minimum Gasteiger partial charge on any atom is -0.494 e. The normalized spacial score (nSPS) is 12.7. The summed E-state index contributed by atoms with van der Waals surface area (Å²) in [6, 6.07) is 8.40. The maximum Gasteiger partial charge on any atom is 0.119 e. The first-order chi connectivity index (χ1) is 9.74. The van der Waals surface area contributed by atoms with Gasteiger partial charge in [-0.15, -0.1) is 0 Å². The first-order valence-corrected chi connectivity index (χ1v) is 7.63. The molecule has 0 heterocycles. The van der Waals surface area contributed by atoms with Gasteiger partial charge in [-0.2, -0.15) is 0 Å². The molecule has 0 fully saturated rings. The van der Waals surface area contributed by atoms with Gasteiger partial charge in [0.05, 0.1) is 6.61 Å². The van der Waals surface area contributed by atoms with Gasteiger partial charge in [0.1, 0.15) is 5.75 Å². The molecule has 20 heavy (non-hydrogen) atoms. The number of hydrogen-bond donors (Lipinski definition) is 2. The van der Waals surface area contributed by atoms with Gasteiger partial charge in [0.2, 0.25) is 0 Å². The van der Waals surface area contributed by atoms with Crippen molar-refractivity contribution in [1.82, 2.24) is 10.2 Å². The fourth-order valence-electron chi connectivity index (χ4n) is 2.24. The molecule has 1 aromatic rings. The Morgan fingerprint density at radius 1 is 1.15 bits per heavy atom. The number of rotatable bonds is 10. The number of nitrogens with one attached hydrogen (secondary N) is 1. The third kappa shape index (κ3) is 5.49. The van der Waals surface area contributed by atoms with Crippen molar-refractivity contribution in [2.45, 2.75) is 26.8 Å². The molecule has 1 unspecified atom stereocenters. The molecule has 4 nitrogen and oxygen atoms in total. The molecule has 0 aliphatic carbocycles. The van der Waals surface area contributed by atoms with Crippen LogP contribution in [0.25, 0.3) is 0 Å². The average Bonchev–Trinajstić information content (AvgIpc) is 2.49. The van der Waals surface area contributed by atoms with Gasteiger partial charge in [-0.3, -0.25) is 0 Å². The zero-order valence-corrected chi connectivity index (χ0v) is 13.1. The van der Waals surface area contributed by atoms with E-state index in [2.05, 4.69) is 36.2 Å². The maximum absolute atomic E-state index is 5.88. The van der Waals surface area contributed by atoms with E-state index in [4.69, 9.17) is 10.5 Å². The molecule has 0 amide bonds. The van der Waals surface area contributed by atoms with Crippen molar-refractivity contribution < 1.29 is 4.74 Å². The smallest absolute Gasteiger partial charge is 0.119 e. The predicted molar refractivity (Wildman–Crippen MR) is 85.2 cm³/mol. The minimum absolute atomic E-state index is 0.209. The number of nitrogens with two attached hydrogens (primary N) is 1. The van der Waals surface area contributed by atoms with Crippen molar-refractivity contribution in [2.24, 2.45) is 5.73 Å². The standard InChI is InChI=1S/C16H29N3O/c1-4-19(5-2)12-11-18-16(13-17)14-7-9-15(10-8-14)20-6-3/h7-10,16,18H,4-6,11-13,17H2,1-3H3. The molecule has 114 valence electrons. The molecule has 0 aliphatic heterocycles. The zero-order valence-electron chi connectivity index (χ0n) is 13.1. The third-order valence-corrected chi connectivity index (χ3v) is 3.54. The van der Waals surface area contributed by atoms with Crippen molar-refractivity contribution in [3.8, 4) is 5.75 Å². The van der Waals surface area contributed by atoms with E-state index in [1.807, 2.05) is 19.1 Å². The predicted octanol–water partition coefficient (Wildman–Crippen LogP) is 2.02. The Hall–Kier alpha value is -1.10. The maximum atomic E-state index is 5.88. The summed E-state index contributed by atoms with van der Waals surface area (Å²) >= 11 is 0. The van der Waals surface area contributed by atoms with E-state index >= 15 is 0 Å². The molecule has 1 rings (SSSR count). The van der Waals surface area contributed by atoms with Crippen molar-refractivity contribution in [3.63, 3.8) is 0 Å². The minimum atomic E-state index is 0.209. The van der Waals surface area contributed by atoms with Crippen LogP contribution >= 0.6 is 0 Å². The summed E-state index contributed by atoms with van der Waals surface area (Å²) in [4.78, 5) is 2.40. The van der Waals surface area contributed by atoms with Crippen LogP contribution in [0.2, 0.25) is 0 Å². The van der Waals surface area contributed by atoms with Crippen LogP contribution in [0, 0.1) is 0 Å². The molecule has 0 saturated heterocycles. The summed E-state index contributed by atoms with van der Waals surface area (Å²) < 4.78 is 5.46. The largest absolute Gasteiger partial charge is 0.494 e. The van der Waals surface area contributed by atoms with Crippen LogP contribution in [0.3, 0.4) is 0 Å². The molecule has 0 aliphatic rings. The highest BCUT2D eigenvalue weighted by Gasteiger charge is 2.09. The highest BCUT2D eigenvalue weighted by molar-refractivity contribution is 5.29. The number of nitrogens with zero attached hydrogens (tertiary/aromatic N) is 1. The average molecular weight is 279 g/mol. The van der Waals surface area contributed by atoms with E-state index in [-0.39, 0.29) is 6.04 Å². The Morgan fingerprint density at radius 2 is 1.80 bits per heavy atom. The van der Waals surface area contributed by atoms with Gasteiger partial charge in [0.15, 0.2) is 0 Å². The third-order valence-electron chi connectivity index (χ3n) is 3.54. The van der Waals surface area contributed by atoms with Crippen LogP contribution in [0.1, 0.15) is 32.4 Å².